The van der Waals surface area contributed by atoms with Crippen LogP contribution in [-0.2, 0) is 6.42 Å². The highest BCUT2D eigenvalue weighted by Crippen LogP contribution is 2.27. The average molecular weight is 238 g/mol. The van der Waals surface area contributed by atoms with Crippen LogP contribution in [0, 0.1) is 6.92 Å². The number of H-pyrrole nitrogens is 1. The maximum absolute atomic E-state index is 3.54. The second kappa shape index (κ2) is 3.18. The van der Waals surface area contributed by atoms with Crippen LogP contribution in [0.3, 0.4) is 0 Å². The predicted octanol–water partition coefficient (Wildman–Crippen LogP) is 3.80. The number of aromatic amines is 1. The van der Waals surface area contributed by atoms with Crippen LogP contribution < -0.4 is 0 Å². The lowest BCUT2D eigenvalue weighted by Crippen LogP contribution is -1.77. The lowest BCUT2D eigenvalue weighted by Gasteiger charge is -1.95. The fraction of sp³-hybridized carbons (Fsp3) is 0.273. The highest BCUT2D eigenvalue weighted by atomic mass is 79.9. The molecule has 1 heterocycles. The molecule has 0 bridgehead atoms. The summed E-state index contributed by atoms with van der Waals surface area (Å²) >= 11 is 3.54. The van der Waals surface area contributed by atoms with E-state index in [-0.39, 0.29) is 0 Å². The summed E-state index contributed by atoms with van der Waals surface area (Å²) in [5.41, 5.74) is 3.89. The second-order valence-electron chi connectivity index (χ2n) is 3.32. The van der Waals surface area contributed by atoms with Gasteiger partial charge in [-0.15, -0.1) is 0 Å². The zero-order valence-corrected chi connectivity index (χ0v) is 9.40. The van der Waals surface area contributed by atoms with Gasteiger partial charge in [-0.05, 0) is 46.5 Å². The average Bonchev–Trinajstić information content (AvgIpc) is 2.39. The van der Waals surface area contributed by atoms with Gasteiger partial charge in [0, 0.05) is 10.9 Å². The number of hydrogen-bond acceptors (Lipinski definition) is 0. The Morgan fingerprint density at radius 2 is 2.15 bits per heavy atom. The molecule has 0 aliphatic heterocycles. The van der Waals surface area contributed by atoms with Crippen molar-refractivity contribution in [2.75, 3.05) is 0 Å². The van der Waals surface area contributed by atoms with Gasteiger partial charge >= 0.3 is 0 Å². The van der Waals surface area contributed by atoms with Gasteiger partial charge in [-0.1, -0.05) is 19.1 Å². The number of fused-ring (bicyclic) bond motifs is 1. The minimum absolute atomic E-state index is 1.06. The summed E-state index contributed by atoms with van der Waals surface area (Å²) in [4.78, 5) is 3.34. The van der Waals surface area contributed by atoms with E-state index in [4.69, 9.17) is 0 Å². The van der Waals surface area contributed by atoms with Crippen molar-refractivity contribution in [2.24, 2.45) is 0 Å². The number of aryl methyl sites for hydroxylation is 2. The summed E-state index contributed by atoms with van der Waals surface area (Å²) in [6.07, 6.45) is 1.06. The molecule has 0 saturated heterocycles. The molecule has 1 aromatic heterocycles. The largest absolute Gasteiger partial charge is 0.349 e. The number of benzene rings is 1. The molecule has 1 N–H and O–H groups in total. The molecule has 0 aliphatic carbocycles. The first-order valence-electron chi connectivity index (χ1n) is 4.49. The molecule has 0 saturated carbocycles. The number of hydrogen-bond donors (Lipinski definition) is 1. The van der Waals surface area contributed by atoms with Gasteiger partial charge in [0.2, 0.25) is 0 Å². The Kier molecular flexibility index (Phi) is 2.16. The first-order chi connectivity index (χ1) is 6.22. The first-order valence-corrected chi connectivity index (χ1v) is 5.28. The standard InChI is InChI=1S/C11H12BrN/c1-3-8-9-5-4-7(2)6-10(9)13-11(8)12/h4-6,13H,3H2,1-2H3. The summed E-state index contributed by atoms with van der Waals surface area (Å²) in [6, 6.07) is 6.52. The van der Waals surface area contributed by atoms with Crippen molar-refractivity contribution in [1.29, 1.82) is 0 Å². The molecule has 0 amide bonds. The Morgan fingerprint density at radius 1 is 1.38 bits per heavy atom. The molecule has 0 aliphatic rings. The lowest BCUT2D eigenvalue weighted by molar-refractivity contribution is 1.14. The molecular weight excluding hydrogens is 226 g/mol. The van der Waals surface area contributed by atoms with Gasteiger partial charge in [-0.3, -0.25) is 0 Å². The van der Waals surface area contributed by atoms with Crippen LogP contribution in [0.4, 0.5) is 0 Å². The fourth-order valence-corrected chi connectivity index (χ4v) is 2.39. The quantitative estimate of drug-likeness (QED) is 0.777. The predicted molar refractivity (Wildman–Crippen MR) is 60.1 cm³/mol. The normalized spacial score (nSPS) is 11.0. The maximum Gasteiger partial charge on any atom is 0.0863 e. The van der Waals surface area contributed by atoms with E-state index in [0.717, 1.165) is 11.0 Å². The molecule has 13 heavy (non-hydrogen) atoms. The van der Waals surface area contributed by atoms with Crippen LogP contribution in [0.25, 0.3) is 10.9 Å². The Morgan fingerprint density at radius 3 is 2.85 bits per heavy atom. The van der Waals surface area contributed by atoms with E-state index in [1.54, 1.807) is 0 Å². The Balaban J connectivity index is 2.79. The molecule has 2 aromatic rings. The van der Waals surface area contributed by atoms with Crippen molar-refractivity contribution in [3.05, 3.63) is 33.9 Å². The van der Waals surface area contributed by atoms with Gasteiger partial charge in [0.25, 0.3) is 0 Å². The second-order valence-corrected chi connectivity index (χ2v) is 4.11. The number of nitrogens with one attached hydrogen (secondary N) is 1. The van der Waals surface area contributed by atoms with Crippen molar-refractivity contribution >= 4 is 26.8 Å². The van der Waals surface area contributed by atoms with Crippen molar-refractivity contribution in [2.45, 2.75) is 20.3 Å². The summed E-state index contributed by atoms with van der Waals surface area (Å²) in [5.74, 6) is 0. The zero-order chi connectivity index (χ0) is 9.42. The van der Waals surface area contributed by atoms with Gasteiger partial charge in [0.15, 0.2) is 0 Å². The van der Waals surface area contributed by atoms with Crippen LogP contribution in [0.15, 0.2) is 22.8 Å². The molecule has 0 atom stereocenters. The van der Waals surface area contributed by atoms with Crippen molar-refractivity contribution < 1.29 is 0 Å². The van der Waals surface area contributed by atoms with Gasteiger partial charge in [-0.2, -0.15) is 0 Å². The number of aromatic nitrogens is 1. The molecule has 1 aromatic carbocycles. The topological polar surface area (TPSA) is 15.8 Å². The maximum atomic E-state index is 3.54. The molecule has 1 nitrogen and oxygen atoms in total. The van der Waals surface area contributed by atoms with Crippen LogP contribution in [0.5, 0.6) is 0 Å². The van der Waals surface area contributed by atoms with E-state index in [0.29, 0.717) is 0 Å². The van der Waals surface area contributed by atoms with Gasteiger partial charge in [0.1, 0.15) is 0 Å². The minimum atomic E-state index is 1.06. The van der Waals surface area contributed by atoms with Crippen LogP contribution in [0.1, 0.15) is 18.1 Å². The minimum Gasteiger partial charge on any atom is -0.349 e. The molecular formula is C11H12BrN. The van der Waals surface area contributed by atoms with E-state index < -0.39 is 0 Å². The van der Waals surface area contributed by atoms with Crippen molar-refractivity contribution in [3.8, 4) is 0 Å². The van der Waals surface area contributed by atoms with Crippen molar-refractivity contribution in [1.82, 2.24) is 4.98 Å². The molecule has 68 valence electrons. The molecule has 2 rings (SSSR count). The Labute approximate surface area is 86.3 Å². The smallest absolute Gasteiger partial charge is 0.0863 e. The summed E-state index contributed by atoms with van der Waals surface area (Å²) in [5, 5.41) is 1.33. The van der Waals surface area contributed by atoms with E-state index >= 15 is 0 Å². The van der Waals surface area contributed by atoms with E-state index in [9.17, 15) is 0 Å². The third-order valence-corrected chi connectivity index (χ3v) is 3.04. The van der Waals surface area contributed by atoms with Crippen LogP contribution in [0.2, 0.25) is 0 Å². The zero-order valence-electron chi connectivity index (χ0n) is 7.82. The van der Waals surface area contributed by atoms with E-state index in [1.807, 2.05) is 0 Å². The van der Waals surface area contributed by atoms with Crippen LogP contribution >= 0.6 is 15.9 Å². The van der Waals surface area contributed by atoms with Crippen LogP contribution in [-0.4, -0.2) is 4.98 Å². The number of rotatable bonds is 1. The fourth-order valence-electron chi connectivity index (χ4n) is 1.68. The molecule has 0 unspecified atom stereocenters. The first kappa shape index (κ1) is 8.82. The summed E-state index contributed by atoms with van der Waals surface area (Å²) in [7, 11) is 0. The van der Waals surface area contributed by atoms with Crippen molar-refractivity contribution in [3.63, 3.8) is 0 Å². The lowest BCUT2D eigenvalue weighted by atomic mass is 10.1. The van der Waals surface area contributed by atoms with E-state index in [2.05, 4.69) is 53.0 Å². The number of halogens is 1. The molecule has 0 radical (unpaired) electrons. The summed E-state index contributed by atoms with van der Waals surface area (Å²) < 4.78 is 1.12. The van der Waals surface area contributed by atoms with Gasteiger partial charge in [0.05, 0.1) is 4.60 Å². The molecule has 2 heteroatoms. The van der Waals surface area contributed by atoms with E-state index in [1.165, 1.54) is 22.0 Å². The SMILES string of the molecule is CCc1c(Br)[nH]c2cc(C)ccc12. The van der Waals surface area contributed by atoms with Gasteiger partial charge < -0.3 is 4.98 Å². The monoisotopic (exact) mass is 237 g/mol. The summed E-state index contributed by atoms with van der Waals surface area (Å²) in [6.45, 7) is 4.28. The third kappa shape index (κ3) is 1.39. The Bertz CT molecular complexity index is 443. The Hall–Kier alpha value is -0.760. The van der Waals surface area contributed by atoms with Gasteiger partial charge in [-0.25, -0.2) is 0 Å². The molecule has 0 fully saturated rings. The highest BCUT2D eigenvalue weighted by Gasteiger charge is 2.06. The highest BCUT2D eigenvalue weighted by molar-refractivity contribution is 9.10. The third-order valence-electron chi connectivity index (χ3n) is 2.36. The molecule has 0 spiro atoms.